The van der Waals surface area contributed by atoms with Gasteiger partial charge in [-0.1, -0.05) is 19.1 Å². The van der Waals surface area contributed by atoms with Crippen molar-refractivity contribution >= 4 is 16.9 Å². The lowest BCUT2D eigenvalue weighted by atomic mass is 9.92. The molecule has 0 radical (unpaired) electrons. The molecule has 0 spiro atoms. The maximum atomic E-state index is 11.8. The number of nitrogens with two attached hydrogens (primary N) is 1. The number of aromatic nitrogens is 2. The fraction of sp³-hybridized carbons (Fsp3) is 0.500. The van der Waals surface area contributed by atoms with Gasteiger partial charge in [0.25, 0.3) is 0 Å². The lowest BCUT2D eigenvalue weighted by Crippen LogP contribution is -2.54. The van der Waals surface area contributed by atoms with Crippen molar-refractivity contribution in [2.75, 3.05) is 6.54 Å². The minimum absolute atomic E-state index is 0.119. The summed E-state index contributed by atoms with van der Waals surface area (Å²) in [5, 5.41) is 3.21. The Bertz CT molecular complexity index is 649. The van der Waals surface area contributed by atoms with Gasteiger partial charge in [-0.25, -0.2) is 4.98 Å². The molecule has 0 saturated carbocycles. The number of hydrogen-bond acceptors (Lipinski definition) is 3. The second-order valence-corrected chi connectivity index (χ2v) is 5.80. The topological polar surface area (TPSA) is 72.9 Å². The average molecular weight is 288 g/mol. The Kier molecular flexibility index (Phi) is 4.32. The molecule has 3 N–H and O–H groups in total. The number of carbonyl (C=O) groups excluding carboxylic acids is 1. The van der Waals surface area contributed by atoms with E-state index in [1.807, 2.05) is 39.0 Å². The Morgan fingerprint density at radius 2 is 2.14 bits per heavy atom. The number of rotatable bonds is 6. The van der Waals surface area contributed by atoms with Crippen LogP contribution in [0.2, 0.25) is 0 Å². The van der Waals surface area contributed by atoms with Gasteiger partial charge in [-0.2, -0.15) is 0 Å². The van der Waals surface area contributed by atoms with E-state index in [0.717, 1.165) is 16.9 Å². The fourth-order valence-electron chi connectivity index (χ4n) is 3.05. The Hall–Kier alpha value is -1.88. The molecule has 0 bridgehead atoms. The maximum absolute atomic E-state index is 11.8. The van der Waals surface area contributed by atoms with Gasteiger partial charge >= 0.3 is 0 Å². The molecule has 5 heteroatoms. The van der Waals surface area contributed by atoms with Gasteiger partial charge in [-0.15, -0.1) is 0 Å². The monoisotopic (exact) mass is 288 g/mol. The molecule has 1 aromatic carbocycles. The predicted octanol–water partition coefficient (Wildman–Crippen LogP) is 2.15. The molecule has 0 aliphatic carbocycles. The molecule has 2 rings (SSSR count). The summed E-state index contributed by atoms with van der Waals surface area (Å²) in [6.07, 6.45) is 0.622. The molecular weight excluding hydrogens is 264 g/mol. The van der Waals surface area contributed by atoms with Gasteiger partial charge in [0.15, 0.2) is 0 Å². The third kappa shape index (κ3) is 2.93. The number of primary amides is 1. The van der Waals surface area contributed by atoms with Crippen molar-refractivity contribution in [3.05, 3.63) is 30.1 Å². The second kappa shape index (κ2) is 5.85. The van der Waals surface area contributed by atoms with Crippen molar-refractivity contribution in [3.63, 3.8) is 0 Å². The zero-order valence-corrected chi connectivity index (χ0v) is 13.2. The Balaban J connectivity index is 2.36. The maximum Gasteiger partial charge on any atom is 0.237 e. The fourth-order valence-corrected chi connectivity index (χ4v) is 3.05. The number of aryl methyl sites for hydroxylation is 1. The standard InChI is InChI=1S/C16H24N4O/c1-5-18-16(4,15(17)21)10-11(2)20-12(3)19-13-8-6-7-9-14(13)20/h6-9,11,18H,5,10H2,1-4H3,(H2,17,21). The van der Waals surface area contributed by atoms with Gasteiger partial charge in [0.05, 0.1) is 16.6 Å². The van der Waals surface area contributed by atoms with Crippen LogP contribution >= 0.6 is 0 Å². The number of benzene rings is 1. The normalized spacial score (nSPS) is 15.8. The SMILES string of the molecule is CCNC(C)(CC(C)n1c(C)nc2ccccc21)C(N)=O. The third-order valence-electron chi connectivity index (χ3n) is 4.03. The average Bonchev–Trinajstić information content (AvgIpc) is 2.74. The first kappa shape index (κ1) is 15.5. The number of amides is 1. The molecular formula is C16H24N4O. The second-order valence-electron chi connectivity index (χ2n) is 5.80. The largest absolute Gasteiger partial charge is 0.368 e. The molecule has 1 heterocycles. The van der Waals surface area contributed by atoms with Crippen LogP contribution in [0.25, 0.3) is 11.0 Å². The van der Waals surface area contributed by atoms with E-state index in [4.69, 9.17) is 5.73 Å². The predicted molar refractivity (Wildman–Crippen MR) is 85.1 cm³/mol. The summed E-state index contributed by atoms with van der Waals surface area (Å²) in [7, 11) is 0. The van der Waals surface area contributed by atoms with Crippen LogP contribution in [0.15, 0.2) is 24.3 Å². The van der Waals surface area contributed by atoms with Crippen molar-refractivity contribution in [1.82, 2.24) is 14.9 Å². The first-order valence-electron chi connectivity index (χ1n) is 7.37. The molecule has 2 aromatic rings. The third-order valence-corrected chi connectivity index (χ3v) is 4.03. The van der Waals surface area contributed by atoms with Gasteiger partial charge in [0.2, 0.25) is 5.91 Å². The van der Waals surface area contributed by atoms with Gasteiger partial charge in [0.1, 0.15) is 5.82 Å². The van der Waals surface area contributed by atoms with Crippen molar-refractivity contribution in [2.24, 2.45) is 5.73 Å². The Labute approximate surface area is 125 Å². The number of para-hydroxylation sites is 2. The summed E-state index contributed by atoms with van der Waals surface area (Å²) in [6, 6.07) is 8.17. The number of nitrogens with one attached hydrogen (secondary N) is 1. The van der Waals surface area contributed by atoms with Crippen molar-refractivity contribution in [3.8, 4) is 0 Å². The zero-order chi connectivity index (χ0) is 15.6. The number of hydrogen-bond donors (Lipinski definition) is 2. The summed E-state index contributed by atoms with van der Waals surface area (Å²) in [5.74, 6) is 0.630. The lowest BCUT2D eigenvalue weighted by molar-refractivity contribution is -0.124. The van der Waals surface area contributed by atoms with Crippen LogP contribution in [0.1, 0.15) is 39.1 Å². The van der Waals surface area contributed by atoms with Crippen LogP contribution in [0.3, 0.4) is 0 Å². The van der Waals surface area contributed by atoms with Crippen molar-refractivity contribution in [1.29, 1.82) is 0 Å². The number of carbonyl (C=O) groups is 1. The first-order chi connectivity index (χ1) is 9.89. The van der Waals surface area contributed by atoms with E-state index >= 15 is 0 Å². The highest BCUT2D eigenvalue weighted by Crippen LogP contribution is 2.26. The summed E-state index contributed by atoms with van der Waals surface area (Å²) in [5.41, 5.74) is 6.93. The van der Waals surface area contributed by atoms with Gasteiger partial charge in [-0.05, 0) is 45.9 Å². The quantitative estimate of drug-likeness (QED) is 0.855. The number of imidazole rings is 1. The van der Waals surface area contributed by atoms with Crippen LogP contribution < -0.4 is 11.1 Å². The molecule has 0 saturated heterocycles. The van der Waals surface area contributed by atoms with Crippen LogP contribution in [-0.2, 0) is 4.79 Å². The Morgan fingerprint density at radius 3 is 2.76 bits per heavy atom. The van der Waals surface area contributed by atoms with Crippen LogP contribution in [0.4, 0.5) is 0 Å². The minimum Gasteiger partial charge on any atom is -0.368 e. The van der Waals surface area contributed by atoms with E-state index in [9.17, 15) is 4.79 Å². The molecule has 1 amide bonds. The molecule has 0 fully saturated rings. The molecule has 1 aromatic heterocycles. The molecule has 2 unspecified atom stereocenters. The van der Waals surface area contributed by atoms with Crippen LogP contribution in [0.5, 0.6) is 0 Å². The summed E-state index contributed by atoms with van der Waals surface area (Å²) in [4.78, 5) is 16.4. The molecule has 5 nitrogen and oxygen atoms in total. The smallest absolute Gasteiger partial charge is 0.237 e. The van der Waals surface area contributed by atoms with Crippen LogP contribution in [-0.4, -0.2) is 27.5 Å². The number of fused-ring (bicyclic) bond motifs is 1. The summed E-state index contributed by atoms with van der Waals surface area (Å²) < 4.78 is 2.17. The van der Waals surface area contributed by atoms with E-state index in [1.165, 1.54) is 0 Å². The highest BCUT2D eigenvalue weighted by Gasteiger charge is 2.32. The van der Waals surface area contributed by atoms with E-state index in [-0.39, 0.29) is 11.9 Å². The van der Waals surface area contributed by atoms with E-state index in [0.29, 0.717) is 13.0 Å². The molecule has 0 aliphatic heterocycles. The zero-order valence-electron chi connectivity index (χ0n) is 13.2. The number of likely N-dealkylation sites (N-methyl/N-ethyl adjacent to an activating group) is 1. The highest BCUT2D eigenvalue weighted by molar-refractivity contribution is 5.84. The summed E-state index contributed by atoms with van der Waals surface area (Å²) >= 11 is 0. The van der Waals surface area contributed by atoms with Crippen molar-refractivity contribution < 1.29 is 4.79 Å². The Morgan fingerprint density at radius 1 is 1.48 bits per heavy atom. The first-order valence-corrected chi connectivity index (χ1v) is 7.37. The molecule has 2 atom stereocenters. The van der Waals surface area contributed by atoms with E-state index in [2.05, 4.69) is 27.9 Å². The molecule has 21 heavy (non-hydrogen) atoms. The van der Waals surface area contributed by atoms with E-state index < -0.39 is 5.54 Å². The molecule has 114 valence electrons. The van der Waals surface area contributed by atoms with Gasteiger partial charge in [-0.3, -0.25) is 4.79 Å². The number of nitrogens with zero attached hydrogens (tertiary/aromatic N) is 2. The van der Waals surface area contributed by atoms with Crippen molar-refractivity contribution in [2.45, 2.75) is 45.7 Å². The van der Waals surface area contributed by atoms with E-state index in [1.54, 1.807) is 0 Å². The summed E-state index contributed by atoms with van der Waals surface area (Å²) in [6.45, 7) is 8.63. The minimum atomic E-state index is -0.716. The van der Waals surface area contributed by atoms with Crippen LogP contribution in [0, 0.1) is 6.92 Å². The highest BCUT2D eigenvalue weighted by atomic mass is 16.1. The molecule has 0 aliphatic rings. The lowest BCUT2D eigenvalue weighted by Gasteiger charge is -2.31. The van der Waals surface area contributed by atoms with Gasteiger partial charge < -0.3 is 15.6 Å². The van der Waals surface area contributed by atoms with Gasteiger partial charge in [0, 0.05) is 6.04 Å².